The number of amides is 1. The number of carbonyl (C=O) groups excluding carboxylic acids is 1. The van der Waals surface area contributed by atoms with Crippen molar-refractivity contribution in [2.24, 2.45) is 0 Å². The summed E-state index contributed by atoms with van der Waals surface area (Å²) in [7, 11) is 3.10. The Labute approximate surface area is 142 Å². The van der Waals surface area contributed by atoms with Gasteiger partial charge in [-0.15, -0.1) is 0 Å². The van der Waals surface area contributed by atoms with Crippen molar-refractivity contribution in [3.63, 3.8) is 0 Å². The summed E-state index contributed by atoms with van der Waals surface area (Å²) in [5.41, 5.74) is 2.58. The van der Waals surface area contributed by atoms with Gasteiger partial charge in [0, 0.05) is 19.2 Å². The smallest absolute Gasteiger partial charge is 0.255 e. The topological polar surface area (TPSA) is 56.8 Å². The number of carbonyl (C=O) groups is 1. The Morgan fingerprint density at radius 1 is 1.04 bits per heavy atom. The van der Waals surface area contributed by atoms with Gasteiger partial charge < -0.3 is 19.5 Å². The Morgan fingerprint density at radius 2 is 1.79 bits per heavy atom. The zero-order valence-electron chi connectivity index (χ0n) is 14.3. The Kier molecular flexibility index (Phi) is 6.63. The number of rotatable bonds is 8. The maximum Gasteiger partial charge on any atom is 0.255 e. The number of hydrogen-bond donors (Lipinski definition) is 1. The predicted octanol–water partition coefficient (Wildman–Crippen LogP) is 3.17. The van der Waals surface area contributed by atoms with E-state index in [0.29, 0.717) is 36.8 Å². The molecule has 0 aliphatic rings. The molecular formula is C19H23NO4. The molecule has 2 rings (SSSR count). The van der Waals surface area contributed by atoms with Gasteiger partial charge in [-0.1, -0.05) is 24.3 Å². The number of methoxy groups -OCH3 is 2. The lowest BCUT2D eigenvalue weighted by Gasteiger charge is -2.13. The van der Waals surface area contributed by atoms with Gasteiger partial charge in [0.15, 0.2) is 0 Å². The Balaban J connectivity index is 2.08. The fraction of sp³-hybridized carbons (Fsp3) is 0.316. The van der Waals surface area contributed by atoms with Crippen LogP contribution in [0.5, 0.6) is 11.5 Å². The maximum absolute atomic E-state index is 12.5. The highest BCUT2D eigenvalue weighted by Gasteiger charge is 2.13. The fourth-order valence-electron chi connectivity index (χ4n) is 2.34. The highest BCUT2D eigenvalue weighted by atomic mass is 16.5. The van der Waals surface area contributed by atoms with Gasteiger partial charge in [0.05, 0.1) is 26.4 Å². The van der Waals surface area contributed by atoms with Crippen molar-refractivity contribution in [3.05, 3.63) is 59.2 Å². The van der Waals surface area contributed by atoms with Crippen LogP contribution in [0.4, 0.5) is 0 Å². The summed E-state index contributed by atoms with van der Waals surface area (Å²) < 4.78 is 15.9. The van der Waals surface area contributed by atoms with Gasteiger partial charge in [-0.05, 0) is 30.2 Å². The molecule has 5 heteroatoms. The van der Waals surface area contributed by atoms with Crippen LogP contribution in [0, 0.1) is 0 Å². The molecule has 0 saturated heterocycles. The lowest BCUT2D eigenvalue weighted by atomic mass is 10.1. The molecule has 0 aliphatic heterocycles. The number of benzene rings is 2. The van der Waals surface area contributed by atoms with Crippen LogP contribution in [0.15, 0.2) is 42.5 Å². The SMILES string of the molecule is CCOCc1ccccc1CNC(=O)c1ccc(OC)cc1OC. The minimum atomic E-state index is -0.194. The van der Waals surface area contributed by atoms with E-state index in [0.717, 1.165) is 11.1 Å². The molecule has 0 aromatic heterocycles. The molecule has 0 fully saturated rings. The average molecular weight is 329 g/mol. The molecule has 0 heterocycles. The van der Waals surface area contributed by atoms with E-state index in [1.54, 1.807) is 25.3 Å². The fourth-order valence-corrected chi connectivity index (χ4v) is 2.34. The van der Waals surface area contributed by atoms with Gasteiger partial charge in [0.25, 0.3) is 5.91 Å². The minimum Gasteiger partial charge on any atom is -0.497 e. The Bertz CT molecular complexity index is 685. The normalized spacial score (nSPS) is 10.3. The van der Waals surface area contributed by atoms with E-state index in [2.05, 4.69) is 5.32 Å². The summed E-state index contributed by atoms with van der Waals surface area (Å²) in [5, 5.41) is 2.93. The third-order valence-electron chi connectivity index (χ3n) is 3.67. The molecule has 0 bridgehead atoms. The van der Waals surface area contributed by atoms with Crippen LogP contribution >= 0.6 is 0 Å². The molecule has 24 heavy (non-hydrogen) atoms. The quantitative estimate of drug-likeness (QED) is 0.808. The summed E-state index contributed by atoms with van der Waals surface area (Å²) in [6.45, 7) is 3.58. The van der Waals surface area contributed by atoms with Crippen LogP contribution < -0.4 is 14.8 Å². The summed E-state index contributed by atoms with van der Waals surface area (Å²) >= 11 is 0. The molecule has 1 amide bonds. The monoisotopic (exact) mass is 329 g/mol. The molecule has 0 unspecified atom stereocenters. The minimum absolute atomic E-state index is 0.194. The highest BCUT2D eigenvalue weighted by Crippen LogP contribution is 2.24. The van der Waals surface area contributed by atoms with E-state index in [1.165, 1.54) is 7.11 Å². The van der Waals surface area contributed by atoms with Crippen molar-refractivity contribution in [2.75, 3.05) is 20.8 Å². The van der Waals surface area contributed by atoms with Crippen molar-refractivity contribution in [2.45, 2.75) is 20.1 Å². The average Bonchev–Trinajstić information content (AvgIpc) is 2.64. The first-order valence-corrected chi connectivity index (χ1v) is 7.84. The van der Waals surface area contributed by atoms with Gasteiger partial charge in [0.1, 0.15) is 11.5 Å². The first kappa shape index (κ1) is 17.8. The lowest BCUT2D eigenvalue weighted by molar-refractivity contribution is 0.0946. The third-order valence-corrected chi connectivity index (χ3v) is 3.67. The molecule has 1 N–H and O–H groups in total. The van der Waals surface area contributed by atoms with Gasteiger partial charge in [-0.25, -0.2) is 0 Å². The Morgan fingerprint density at radius 3 is 2.46 bits per heavy atom. The standard InChI is InChI=1S/C19H23NO4/c1-4-24-13-15-8-6-5-7-14(15)12-20-19(21)17-10-9-16(22-2)11-18(17)23-3/h5-11H,4,12-13H2,1-3H3,(H,20,21). The zero-order valence-corrected chi connectivity index (χ0v) is 14.3. The second-order valence-corrected chi connectivity index (χ2v) is 5.15. The molecule has 2 aromatic rings. The summed E-state index contributed by atoms with van der Waals surface area (Å²) in [5.74, 6) is 0.931. The van der Waals surface area contributed by atoms with E-state index < -0.39 is 0 Å². The van der Waals surface area contributed by atoms with E-state index in [4.69, 9.17) is 14.2 Å². The zero-order chi connectivity index (χ0) is 17.4. The van der Waals surface area contributed by atoms with Crippen LogP contribution in [0.25, 0.3) is 0 Å². The summed E-state index contributed by atoms with van der Waals surface area (Å²) in [6, 6.07) is 13.0. The van der Waals surface area contributed by atoms with Crippen LogP contribution in [0.1, 0.15) is 28.4 Å². The number of nitrogens with one attached hydrogen (secondary N) is 1. The summed E-state index contributed by atoms with van der Waals surface area (Å²) in [4.78, 5) is 12.5. The van der Waals surface area contributed by atoms with Gasteiger partial charge in [-0.2, -0.15) is 0 Å². The molecule has 5 nitrogen and oxygen atoms in total. The van der Waals surface area contributed by atoms with Crippen LogP contribution in [-0.4, -0.2) is 26.7 Å². The van der Waals surface area contributed by atoms with Crippen molar-refractivity contribution in [1.82, 2.24) is 5.32 Å². The van der Waals surface area contributed by atoms with Crippen molar-refractivity contribution < 1.29 is 19.0 Å². The second kappa shape index (κ2) is 8.93. The van der Waals surface area contributed by atoms with Gasteiger partial charge >= 0.3 is 0 Å². The van der Waals surface area contributed by atoms with Crippen molar-refractivity contribution in [1.29, 1.82) is 0 Å². The molecule has 0 spiro atoms. The third kappa shape index (κ3) is 4.49. The Hall–Kier alpha value is -2.53. The molecule has 0 saturated carbocycles. The number of ether oxygens (including phenoxy) is 3. The highest BCUT2D eigenvalue weighted by molar-refractivity contribution is 5.97. The van der Waals surface area contributed by atoms with Crippen LogP contribution in [-0.2, 0) is 17.9 Å². The first-order chi connectivity index (χ1) is 11.7. The van der Waals surface area contributed by atoms with Crippen LogP contribution in [0.2, 0.25) is 0 Å². The molecule has 0 atom stereocenters. The molecule has 0 aliphatic carbocycles. The van der Waals surface area contributed by atoms with E-state index >= 15 is 0 Å². The van der Waals surface area contributed by atoms with Gasteiger partial charge in [0.2, 0.25) is 0 Å². The van der Waals surface area contributed by atoms with Crippen molar-refractivity contribution in [3.8, 4) is 11.5 Å². The van der Waals surface area contributed by atoms with E-state index in [-0.39, 0.29) is 5.91 Å². The number of hydrogen-bond acceptors (Lipinski definition) is 4. The maximum atomic E-state index is 12.5. The molecule has 128 valence electrons. The lowest BCUT2D eigenvalue weighted by Crippen LogP contribution is -2.24. The van der Waals surface area contributed by atoms with Crippen molar-refractivity contribution >= 4 is 5.91 Å². The van der Waals surface area contributed by atoms with Gasteiger partial charge in [-0.3, -0.25) is 4.79 Å². The second-order valence-electron chi connectivity index (χ2n) is 5.15. The van der Waals surface area contributed by atoms with E-state index in [1.807, 2.05) is 31.2 Å². The predicted molar refractivity (Wildman–Crippen MR) is 92.5 cm³/mol. The molecule has 0 radical (unpaired) electrons. The summed E-state index contributed by atoms with van der Waals surface area (Å²) in [6.07, 6.45) is 0. The van der Waals surface area contributed by atoms with E-state index in [9.17, 15) is 4.79 Å². The molecule has 2 aromatic carbocycles. The van der Waals surface area contributed by atoms with Crippen LogP contribution in [0.3, 0.4) is 0 Å². The molecular weight excluding hydrogens is 306 g/mol. The first-order valence-electron chi connectivity index (χ1n) is 7.84. The largest absolute Gasteiger partial charge is 0.497 e.